The smallest absolute Gasteiger partial charge is 0.253 e. The number of benzene rings is 1. The number of thioether (sulfide) groups is 1. The Kier molecular flexibility index (Phi) is 7.55. The summed E-state index contributed by atoms with van der Waals surface area (Å²) in [5, 5.41) is 6.28. The number of carbonyl (C=O) groups excluding carboxylic acids is 2. The van der Waals surface area contributed by atoms with Gasteiger partial charge in [0, 0.05) is 24.4 Å². The molecular weight excluding hydrogens is 360 g/mol. The lowest BCUT2D eigenvalue weighted by atomic mass is 10.1. The van der Waals surface area contributed by atoms with Gasteiger partial charge in [-0.3, -0.25) is 9.59 Å². The van der Waals surface area contributed by atoms with Crippen molar-refractivity contribution in [3.05, 3.63) is 59.4 Å². The minimum absolute atomic E-state index is 0.160. The molecule has 2 amide bonds. The molecule has 0 aliphatic heterocycles. The molecule has 0 aliphatic rings. The molecule has 6 nitrogen and oxygen atoms in total. The first kappa shape index (κ1) is 20.6. The first-order valence-corrected chi connectivity index (χ1v) is 9.84. The highest BCUT2D eigenvalue weighted by atomic mass is 32.2. The SMILES string of the molecule is C=CCNC(=O)c1ccccc1NC(=O)CCc1c(C)nc(SC)nc1C. The van der Waals surface area contributed by atoms with Crippen LogP contribution in [0.3, 0.4) is 0 Å². The number of hydrogen-bond donors (Lipinski definition) is 2. The highest BCUT2D eigenvalue weighted by molar-refractivity contribution is 7.98. The molecule has 0 saturated heterocycles. The predicted molar refractivity (Wildman–Crippen MR) is 109 cm³/mol. The molecule has 0 spiro atoms. The van der Waals surface area contributed by atoms with Gasteiger partial charge in [-0.15, -0.1) is 6.58 Å². The number of hydrogen-bond acceptors (Lipinski definition) is 5. The fourth-order valence-corrected chi connectivity index (χ4v) is 3.12. The maximum atomic E-state index is 12.4. The monoisotopic (exact) mass is 384 g/mol. The van der Waals surface area contributed by atoms with Gasteiger partial charge >= 0.3 is 0 Å². The van der Waals surface area contributed by atoms with E-state index in [9.17, 15) is 9.59 Å². The van der Waals surface area contributed by atoms with Crippen molar-refractivity contribution in [2.24, 2.45) is 0 Å². The summed E-state index contributed by atoms with van der Waals surface area (Å²) in [4.78, 5) is 33.5. The van der Waals surface area contributed by atoms with E-state index in [1.54, 1.807) is 30.3 Å². The zero-order valence-electron chi connectivity index (χ0n) is 15.8. The Morgan fingerprint density at radius 2 is 1.85 bits per heavy atom. The second-order valence-electron chi connectivity index (χ2n) is 5.95. The fraction of sp³-hybridized carbons (Fsp3) is 0.300. The summed E-state index contributed by atoms with van der Waals surface area (Å²) >= 11 is 1.50. The molecule has 1 aromatic carbocycles. The van der Waals surface area contributed by atoms with Crippen LogP contribution in [-0.4, -0.2) is 34.6 Å². The number of nitrogens with one attached hydrogen (secondary N) is 2. The van der Waals surface area contributed by atoms with E-state index < -0.39 is 0 Å². The highest BCUT2D eigenvalue weighted by Crippen LogP contribution is 2.19. The molecule has 1 heterocycles. The number of amides is 2. The molecule has 0 atom stereocenters. The summed E-state index contributed by atoms with van der Waals surface area (Å²) in [5.74, 6) is -0.412. The largest absolute Gasteiger partial charge is 0.349 e. The van der Waals surface area contributed by atoms with E-state index in [0.29, 0.717) is 24.2 Å². The Balaban J connectivity index is 2.05. The highest BCUT2D eigenvalue weighted by Gasteiger charge is 2.14. The Labute approximate surface area is 163 Å². The second-order valence-corrected chi connectivity index (χ2v) is 6.73. The summed E-state index contributed by atoms with van der Waals surface area (Å²) in [7, 11) is 0. The third-order valence-electron chi connectivity index (χ3n) is 4.04. The maximum absolute atomic E-state index is 12.4. The van der Waals surface area contributed by atoms with Crippen molar-refractivity contribution in [3.63, 3.8) is 0 Å². The number of para-hydroxylation sites is 1. The first-order valence-electron chi connectivity index (χ1n) is 8.62. The molecule has 0 unspecified atom stereocenters. The van der Waals surface area contributed by atoms with E-state index in [2.05, 4.69) is 27.2 Å². The normalized spacial score (nSPS) is 10.3. The number of rotatable bonds is 8. The number of anilines is 1. The van der Waals surface area contributed by atoms with Gasteiger partial charge in [-0.25, -0.2) is 9.97 Å². The van der Waals surface area contributed by atoms with Crippen LogP contribution >= 0.6 is 11.8 Å². The summed E-state index contributed by atoms with van der Waals surface area (Å²) in [5.41, 5.74) is 3.69. The molecule has 0 saturated carbocycles. The Morgan fingerprint density at radius 1 is 1.19 bits per heavy atom. The van der Waals surface area contributed by atoms with Crippen LogP contribution in [0.2, 0.25) is 0 Å². The van der Waals surface area contributed by atoms with E-state index in [0.717, 1.165) is 22.1 Å². The number of aromatic nitrogens is 2. The van der Waals surface area contributed by atoms with E-state index in [4.69, 9.17) is 0 Å². The van der Waals surface area contributed by atoms with Crippen LogP contribution in [0, 0.1) is 13.8 Å². The van der Waals surface area contributed by atoms with E-state index in [1.807, 2.05) is 20.1 Å². The third kappa shape index (κ3) is 5.65. The molecule has 1 aromatic heterocycles. The minimum Gasteiger partial charge on any atom is -0.349 e. The molecule has 0 aliphatic carbocycles. The third-order valence-corrected chi connectivity index (χ3v) is 4.59. The zero-order chi connectivity index (χ0) is 19.8. The molecular formula is C20H24N4O2S. The lowest BCUT2D eigenvalue weighted by Gasteiger charge is -2.12. The quantitative estimate of drug-likeness (QED) is 0.414. The van der Waals surface area contributed by atoms with E-state index in [-0.39, 0.29) is 18.2 Å². The molecule has 27 heavy (non-hydrogen) atoms. The van der Waals surface area contributed by atoms with Gasteiger partial charge in [-0.1, -0.05) is 30.0 Å². The van der Waals surface area contributed by atoms with Gasteiger partial charge in [0.2, 0.25) is 5.91 Å². The summed E-state index contributed by atoms with van der Waals surface area (Å²) in [6.07, 6.45) is 4.37. The van der Waals surface area contributed by atoms with Gasteiger partial charge in [0.25, 0.3) is 5.91 Å². The second kappa shape index (κ2) is 9.87. The van der Waals surface area contributed by atoms with E-state index >= 15 is 0 Å². The topological polar surface area (TPSA) is 84.0 Å². The van der Waals surface area contributed by atoms with Crippen LogP contribution in [-0.2, 0) is 11.2 Å². The van der Waals surface area contributed by atoms with Crippen LogP contribution in [0.25, 0.3) is 0 Å². The Hall–Kier alpha value is -2.67. The molecule has 2 rings (SSSR count). The standard InChI is InChI=1S/C20H24N4O2S/c1-5-12-21-19(26)16-8-6-7-9-17(16)24-18(25)11-10-15-13(2)22-20(27-4)23-14(15)3/h5-9H,1,10-12H2,2-4H3,(H,21,26)(H,24,25). The lowest BCUT2D eigenvalue weighted by molar-refractivity contribution is -0.116. The van der Waals surface area contributed by atoms with Crippen LogP contribution in [0.15, 0.2) is 42.1 Å². The van der Waals surface area contributed by atoms with Gasteiger partial charge < -0.3 is 10.6 Å². The molecule has 2 N–H and O–H groups in total. The number of nitrogens with zero attached hydrogens (tertiary/aromatic N) is 2. The summed E-state index contributed by atoms with van der Waals surface area (Å²) in [6.45, 7) is 7.81. The first-order chi connectivity index (χ1) is 13.0. The van der Waals surface area contributed by atoms with Gasteiger partial charge in [-0.2, -0.15) is 0 Å². The van der Waals surface area contributed by atoms with Gasteiger partial charge in [0.1, 0.15) is 0 Å². The van der Waals surface area contributed by atoms with Crippen molar-refractivity contribution in [2.75, 3.05) is 18.1 Å². The molecule has 2 aromatic rings. The minimum atomic E-state index is -0.251. The van der Waals surface area contributed by atoms with Crippen molar-refractivity contribution in [1.29, 1.82) is 0 Å². The van der Waals surface area contributed by atoms with Crippen LogP contribution in [0.1, 0.15) is 33.7 Å². The van der Waals surface area contributed by atoms with Crippen molar-refractivity contribution >= 4 is 29.3 Å². The molecule has 0 radical (unpaired) electrons. The van der Waals surface area contributed by atoms with Gasteiger partial charge in [0.15, 0.2) is 5.16 Å². The molecule has 142 valence electrons. The van der Waals surface area contributed by atoms with E-state index in [1.165, 1.54) is 11.8 Å². The molecule has 0 fully saturated rings. The summed E-state index contributed by atoms with van der Waals surface area (Å²) in [6, 6.07) is 6.93. The zero-order valence-corrected chi connectivity index (χ0v) is 16.7. The Bertz CT molecular complexity index is 829. The predicted octanol–water partition coefficient (Wildman–Crippen LogP) is 3.30. The number of carbonyl (C=O) groups is 2. The van der Waals surface area contributed by atoms with Crippen molar-refractivity contribution in [3.8, 4) is 0 Å². The van der Waals surface area contributed by atoms with Gasteiger partial charge in [-0.05, 0) is 44.2 Å². The van der Waals surface area contributed by atoms with Crippen LogP contribution in [0.5, 0.6) is 0 Å². The average molecular weight is 385 g/mol. The van der Waals surface area contributed by atoms with Gasteiger partial charge in [0.05, 0.1) is 11.3 Å². The fourth-order valence-electron chi connectivity index (χ4n) is 2.66. The average Bonchev–Trinajstić information content (AvgIpc) is 2.65. The van der Waals surface area contributed by atoms with Crippen molar-refractivity contribution < 1.29 is 9.59 Å². The van der Waals surface area contributed by atoms with Crippen LogP contribution in [0.4, 0.5) is 5.69 Å². The van der Waals surface area contributed by atoms with Crippen LogP contribution < -0.4 is 10.6 Å². The Morgan fingerprint density at radius 3 is 2.48 bits per heavy atom. The van der Waals surface area contributed by atoms with Crippen molar-refractivity contribution in [1.82, 2.24) is 15.3 Å². The maximum Gasteiger partial charge on any atom is 0.253 e. The summed E-state index contributed by atoms with van der Waals surface area (Å²) < 4.78 is 0. The molecule has 7 heteroatoms. The van der Waals surface area contributed by atoms with Crippen molar-refractivity contribution in [2.45, 2.75) is 31.8 Å². The molecule has 0 bridgehead atoms. The lowest BCUT2D eigenvalue weighted by Crippen LogP contribution is -2.25. The number of aryl methyl sites for hydroxylation is 2.